The minimum Gasteiger partial charge on any atom is -0.497 e. The van der Waals surface area contributed by atoms with Crippen LogP contribution in [-0.4, -0.2) is 46.1 Å². The summed E-state index contributed by atoms with van der Waals surface area (Å²) in [5, 5.41) is 3.03. The molecule has 2 aromatic carbocycles. The highest BCUT2D eigenvalue weighted by molar-refractivity contribution is 8.15. The van der Waals surface area contributed by atoms with Crippen LogP contribution >= 0.6 is 11.8 Å². The number of anilines is 1. The van der Waals surface area contributed by atoms with Crippen molar-refractivity contribution in [2.75, 3.05) is 12.4 Å². The number of benzene rings is 2. The quantitative estimate of drug-likeness (QED) is 0.635. The fourth-order valence-electron chi connectivity index (χ4n) is 3.83. The molecule has 0 unspecified atom stereocenters. The lowest BCUT2D eigenvalue weighted by molar-refractivity contribution is -0.125. The van der Waals surface area contributed by atoms with Crippen LogP contribution in [0.25, 0.3) is 0 Å². The summed E-state index contributed by atoms with van der Waals surface area (Å²) >= 11 is 1.30. The summed E-state index contributed by atoms with van der Waals surface area (Å²) in [7, 11) is 1.60. The molecule has 4 rings (SSSR count). The second-order valence-corrected chi connectivity index (χ2v) is 9.59. The van der Waals surface area contributed by atoms with E-state index in [-0.39, 0.29) is 11.8 Å². The van der Waals surface area contributed by atoms with Gasteiger partial charge in [-0.15, -0.1) is 0 Å². The van der Waals surface area contributed by atoms with Crippen molar-refractivity contribution in [2.24, 2.45) is 15.9 Å². The zero-order valence-electron chi connectivity index (χ0n) is 19.2. The first kappa shape index (κ1) is 23.0. The molecule has 0 saturated carbocycles. The number of para-hydroxylation sites is 1. The molecule has 8 heteroatoms. The summed E-state index contributed by atoms with van der Waals surface area (Å²) in [6.45, 7) is 6.11. The molecule has 0 aliphatic carbocycles. The van der Waals surface area contributed by atoms with E-state index in [4.69, 9.17) is 14.7 Å². The summed E-state index contributed by atoms with van der Waals surface area (Å²) in [5.41, 5.74) is 2.29. The van der Waals surface area contributed by atoms with Crippen molar-refractivity contribution in [1.82, 2.24) is 4.90 Å². The minimum absolute atomic E-state index is 0.0788. The number of hydrogen-bond donors (Lipinski definition) is 1. The highest BCUT2D eigenvalue weighted by Gasteiger charge is 2.42. The molecule has 2 amide bonds. The molecular formula is C25H28N4O3S. The molecule has 172 valence electrons. The molecule has 0 bridgehead atoms. The lowest BCUT2D eigenvalue weighted by Gasteiger charge is -2.27. The maximum Gasteiger partial charge on any atom is 0.259 e. The number of carbonyl (C=O) groups is 2. The van der Waals surface area contributed by atoms with Gasteiger partial charge >= 0.3 is 0 Å². The van der Waals surface area contributed by atoms with E-state index in [2.05, 4.69) is 19.2 Å². The number of ether oxygens (including phenoxy) is 1. The third-order valence-electron chi connectivity index (χ3n) is 5.51. The number of amides is 2. The Morgan fingerprint density at radius 1 is 1.18 bits per heavy atom. The highest BCUT2D eigenvalue weighted by atomic mass is 32.2. The van der Waals surface area contributed by atoms with Crippen molar-refractivity contribution in [2.45, 2.75) is 44.9 Å². The monoisotopic (exact) mass is 464 g/mol. The molecule has 2 aromatic rings. The first-order valence-corrected chi connectivity index (χ1v) is 12.0. The van der Waals surface area contributed by atoms with Crippen LogP contribution in [0.5, 0.6) is 5.75 Å². The van der Waals surface area contributed by atoms with Gasteiger partial charge in [-0.05, 0) is 55.2 Å². The van der Waals surface area contributed by atoms with E-state index >= 15 is 0 Å². The number of thioether (sulfide) groups is 1. The van der Waals surface area contributed by atoms with E-state index in [9.17, 15) is 9.59 Å². The number of fused-ring (bicyclic) bond motifs is 3. The Morgan fingerprint density at radius 2 is 1.91 bits per heavy atom. The highest BCUT2D eigenvalue weighted by Crippen LogP contribution is 2.36. The van der Waals surface area contributed by atoms with Gasteiger partial charge in [0.1, 0.15) is 17.6 Å². The molecule has 2 aliphatic rings. The number of rotatable bonds is 7. The fraction of sp³-hybridized carbons (Fsp3) is 0.360. The van der Waals surface area contributed by atoms with Crippen molar-refractivity contribution in [1.29, 1.82) is 0 Å². The van der Waals surface area contributed by atoms with E-state index in [0.29, 0.717) is 35.5 Å². The Morgan fingerprint density at radius 3 is 2.58 bits per heavy atom. The van der Waals surface area contributed by atoms with Gasteiger partial charge in [0.25, 0.3) is 5.91 Å². The van der Waals surface area contributed by atoms with Gasteiger partial charge < -0.3 is 10.1 Å². The third-order valence-corrected chi connectivity index (χ3v) is 6.83. The summed E-state index contributed by atoms with van der Waals surface area (Å²) in [5.74, 6) is 1.47. The number of nitrogens with one attached hydrogen (secondary N) is 1. The Kier molecular flexibility index (Phi) is 6.83. The molecule has 7 nitrogen and oxygen atoms in total. The number of nitrogens with zero attached hydrogens (tertiary/aromatic N) is 3. The van der Waals surface area contributed by atoms with Crippen LogP contribution in [0.3, 0.4) is 0 Å². The van der Waals surface area contributed by atoms with Crippen LogP contribution in [0.2, 0.25) is 0 Å². The Hall–Kier alpha value is -3.13. The van der Waals surface area contributed by atoms with Crippen molar-refractivity contribution in [3.05, 3.63) is 54.1 Å². The molecule has 0 radical (unpaired) electrons. The minimum atomic E-state index is -0.426. The van der Waals surface area contributed by atoms with E-state index < -0.39 is 11.3 Å². The van der Waals surface area contributed by atoms with Crippen molar-refractivity contribution < 1.29 is 14.3 Å². The first-order chi connectivity index (χ1) is 15.9. The predicted molar refractivity (Wildman–Crippen MR) is 133 cm³/mol. The van der Waals surface area contributed by atoms with E-state index in [1.807, 2.05) is 31.2 Å². The van der Waals surface area contributed by atoms with Crippen molar-refractivity contribution in [3.8, 4) is 5.75 Å². The number of carbonyl (C=O) groups excluding carboxylic acids is 2. The zero-order valence-corrected chi connectivity index (χ0v) is 20.1. The average molecular weight is 465 g/mol. The van der Waals surface area contributed by atoms with Gasteiger partial charge in [0.15, 0.2) is 5.17 Å². The second kappa shape index (κ2) is 9.79. The average Bonchev–Trinajstić information content (AvgIpc) is 3.13. The van der Waals surface area contributed by atoms with Gasteiger partial charge in [0, 0.05) is 11.3 Å². The number of amidine groups is 2. The zero-order chi connectivity index (χ0) is 23.5. The van der Waals surface area contributed by atoms with Crippen LogP contribution in [0.15, 0.2) is 58.5 Å². The largest absolute Gasteiger partial charge is 0.497 e. The molecule has 0 fully saturated rings. The SMILES string of the molecule is CC[C@H](SC1=Nc2ccccc2C2=N[C@H](CC(C)C)C(=O)N12)C(=O)Nc1ccc(OC)cc1. The fourth-order valence-corrected chi connectivity index (χ4v) is 4.85. The summed E-state index contributed by atoms with van der Waals surface area (Å²) in [6.07, 6.45) is 1.26. The third kappa shape index (κ3) is 4.80. The molecule has 33 heavy (non-hydrogen) atoms. The molecule has 2 heterocycles. The van der Waals surface area contributed by atoms with Crippen LogP contribution in [-0.2, 0) is 9.59 Å². The molecule has 0 spiro atoms. The predicted octanol–water partition coefficient (Wildman–Crippen LogP) is 4.85. The normalized spacial score (nSPS) is 17.8. The summed E-state index contributed by atoms with van der Waals surface area (Å²) < 4.78 is 5.17. The summed E-state index contributed by atoms with van der Waals surface area (Å²) in [6, 6.07) is 14.5. The lowest BCUT2D eigenvalue weighted by Crippen LogP contribution is -2.42. The van der Waals surface area contributed by atoms with Crippen molar-refractivity contribution >= 4 is 46.0 Å². The van der Waals surface area contributed by atoms with E-state index in [0.717, 1.165) is 17.0 Å². The standard InChI is InChI=1S/C25H28N4O3S/c1-5-21(23(30)26-16-10-12-17(32-4)13-11-16)33-25-28-19-9-7-6-8-18(19)22-27-20(14-15(2)3)24(31)29(22)25/h6-13,15,20-21H,5,14H2,1-4H3,(H,26,30)/t20-,21+/m1/s1. The molecule has 2 aliphatic heterocycles. The van der Waals surface area contributed by atoms with Gasteiger partial charge in [0.05, 0.1) is 18.0 Å². The number of hydrogen-bond acceptors (Lipinski definition) is 6. The van der Waals surface area contributed by atoms with Crippen LogP contribution < -0.4 is 10.1 Å². The van der Waals surface area contributed by atoms with Gasteiger partial charge in [-0.3, -0.25) is 14.6 Å². The van der Waals surface area contributed by atoms with Gasteiger partial charge in [-0.25, -0.2) is 9.89 Å². The number of methoxy groups -OCH3 is 1. The van der Waals surface area contributed by atoms with Gasteiger partial charge in [-0.2, -0.15) is 0 Å². The lowest BCUT2D eigenvalue weighted by atomic mass is 10.0. The second-order valence-electron chi connectivity index (χ2n) is 8.42. The Balaban J connectivity index is 1.59. The van der Waals surface area contributed by atoms with Crippen LogP contribution in [0.1, 0.15) is 39.2 Å². The molecule has 1 N–H and O–H groups in total. The van der Waals surface area contributed by atoms with Gasteiger partial charge in [0.2, 0.25) is 5.91 Å². The molecular weight excluding hydrogens is 436 g/mol. The van der Waals surface area contributed by atoms with Crippen LogP contribution in [0, 0.1) is 5.92 Å². The van der Waals surface area contributed by atoms with Crippen LogP contribution in [0.4, 0.5) is 11.4 Å². The Bertz CT molecular complexity index is 1110. The van der Waals surface area contributed by atoms with E-state index in [1.54, 1.807) is 36.3 Å². The summed E-state index contributed by atoms with van der Waals surface area (Å²) in [4.78, 5) is 37.5. The first-order valence-electron chi connectivity index (χ1n) is 11.1. The van der Waals surface area contributed by atoms with E-state index in [1.165, 1.54) is 11.8 Å². The topological polar surface area (TPSA) is 83.4 Å². The Labute approximate surface area is 198 Å². The van der Waals surface area contributed by atoms with Crippen molar-refractivity contribution in [3.63, 3.8) is 0 Å². The maximum absolute atomic E-state index is 13.3. The smallest absolute Gasteiger partial charge is 0.259 e. The molecule has 0 aromatic heterocycles. The molecule has 0 saturated heterocycles. The maximum atomic E-state index is 13.3. The number of aliphatic imine (C=N–C) groups is 2. The molecule has 2 atom stereocenters. The van der Waals surface area contributed by atoms with Gasteiger partial charge in [-0.1, -0.05) is 44.7 Å².